The molecule has 0 unspecified atom stereocenters. The lowest BCUT2D eigenvalue weighted by atomic mass is 10.3. The normalized spacial score (nSPS) is 16.6. The van der Waals surface area contributed by atoms with E-state index in [9.17, 15) is 10.1 Å². The Labute approximate surface area is 122 Å². The van der Waals surface area contributed by atoms with Gasteiger partial charge in [-0.1, -0.05) is 11.6 Å². The van der Waals surface area contributed by atoms with Crippen molar-refractivity contribution in [1.82, 2.24) is 9.88 Å². The van der Waals surface area contributed by atoms with E-state index in [4.69, 9.17) is 16.3 Å². The Hall–Kier alpha value is -1.44. The number of nitro groups is 1. The summed E-state index contributed by atoms with van der Waals surface area (Å²) < 4.78 is 5.37. The molecule has 8 heteroatoms. The number of rotatable bonds is 5. The van der Waals surface area contributed by atoms with E-state index in [2.05, 4.69) is 15.2 Å². The van der Waals surface area contributed by atoms with Gasteiger partial charge in [-0.05, 0) is 6.42 Å². The number of halogens is 1. The van der Waals surface area contributed by atoms with E-state index in [-0.39, 0.29) is 16.5 Å². The highest BCUT2D eigenvalue weighted by Crippen LogP contribution is 2.24. The predicted octanol–water partition coefficient (Wildman–Crippen LogP) is 1.78. The zero-order valence-corrected chi connectivity index (χ0v) is 11.8. The lowest BCUT2D eigenvalue weighted by Gasteiger charge is -2.19. The van der Waals surface area contributed by atoms with Crippen LogP contribution >= 0.6 is 11.6 Å². The second-order valence-corrected chi connectivity index (χ2v) is 4.95. The van der Waals surface area contributed by atoms with Crippen molar-refractivity contribution in [1.29, 1.82) is 0 Å². The maximum Gasteiger partial charge on any atom is 0.312 e. The van der Waals surface area contributed by atoms with Gasteiger partial charge in [0, 0.05) is 45.0 Å². The van der Waals surface area contributed by atoms with Crippen molar-refractivity contribution in [2.45, 2.75) is 6.42 Å². The molecule has 0 atom stereocenters. The molecule has 0 saturated carbocycles. The molecule has 1 aromatic heterocycles. The number of pyridine rings is 1. The molecule has 0 aliphatic carbocycles. The zero-order chi connectivity index (χ0) is 14.4. The largest absolute Gasteiger partial charge is 0.380 e. The van der Waals surface area contributed by atoms with Crippen LogP contribution in [-0.2, 0) is 4.74 Å². The quantitative estimate of drug-likeness (QED) is 0.659. The van der Waals surface area contributed by atoms with Crippen LogP contribution in [-0.4, -0.2) is 54.2 Å². The third-order valence-electron chi connectivity index (χ3n) is 3.07. The summed E-state index contributed by atoms with van der Waals surface area (Å²) in [4.78, 5) is 16.7. The molecular weight excluding hydrogens is 284 g/mol. The van der Waals surface area contributed by atoms with Crippen LogP contribution in [0.1, 0.15) is 6.42 Å². The Morgan fingerprint density at radius 3 is 3.15 bits per heavy atom. The summed E-state index contributed by atoms with van der Waals surface area (Å²) in [5.41, 5.74) is -0.100. The van der Waals surface area contributed by atoms with E-state index in [1.807, 2.05) is 0 Å². The van der Waals surface area contributed by atoms with Crippen LogP contribution in [0.2, 0.25) is 5.02 Å². The first-order valence-electron chi connectivity index (χ1n) is 6.51. The molecular formula is C12H17ClN4O3. The smallest absolute Gasteiger partial charge is 0.312 e. The van der Waals surface area contributed by atoms with Crippen molar-refractivity contribution in [3.63, 3.8) is 0 Å². The standard InChI is InChI=1S/C12H17ClN4O3/c13-10-8-11(17(18)19)12(15-9-10)14-2-4-16-3-1-6-20-7-5-16/h8-9H,1-7H2,(H,14,15). The summed E-state index contributed by atoms with van der Waals surface area (Å²) in [5, 5.41) is 14.2. The van der Waals surface area contributed by atoms with Crippen molar-refractivity contribution < 1.29 is 9.66 Å². The Bertz CT molecular complexity index is 464. The second-order valence-electron chi connectivity index (χ2n) is 4.51. The molecule has 1 aliphatic heterocycles. The first kappa shape index (κ1) is 15.0. The van der Waals surface area contributed by atoms with Crippen LogP contribution in [0.5, 0.6) is 0 Å². The van der Waals surface area contributed by atoms with E-state index in [0.29, 0.717) is 6.54 Å². The molecule has 20 heavy (non-hydrogen) atoms. The molecule has 1 aromatic rings. The number of anilines is 1. The van der Waals surface area contributed by atoms with Crippen LogP contribution < -0.4 is 5.32 Å². The maximum absolute atomic E-state index is 10.9. The van der Waals surface area contributed by atoms with Gasteiger partial charge >= 0.3 is 5.69 Å². The fourth-order valence-corrected chi connectivity index (χ4v) is 2.21. The molecule has 1 N–H and O–H groups in total. The molecule has 0 spiro atoms. The third-order valence-corrected chi connectivity index (χ3v) is 3.27. The van der Waals surface area contributed by atoms with Crippen molar-refractivity contribution in [2.24, 2.45) is 0 Å². The third kappa shape index (κ3) is 4.29. The minimum Gasteiger partial charge on any atom is -0.380 e. The minimum atomic E-state index is -0.485. The highest BCUT2D eigenvalue weighted by Gasteiger charge is 2.16. The zero-order valence-electron chi connectivity index (χ0n) is 11.0. The lowest BCUT2D eigenvalue weighted by Crippen LogP contribution is -2.31. The molecule has 0 aromatic carbocycles. The Morgan fingerprint density at radius 1 is 1.50 bits per heavy atom. The maximum atomic E-state index is 10.9. The van der Waals surface area contributed by atoms with Crippen LogP contribution in [0.25, 0.3) is 0 Å². The fraction of sp³-hybridized carbons (Fsp3) is 0.583. The van der Waals surface area contributed by atoms with Crippen molar-refractivity contribution in [2.75, 3.05) is 44.7 Å². The fourth-order valence-electron chi connectivity index (χ4n) is 2.06. The van der Waals surface area contributed by atoms with E-state index in [1.54, 1.807) is 0 Å². The number of aromatic nitrogens is 1. The van der Waals surface area contributed by atoms with Crippen molar-refractivity contribution in [3.8, 4) is 0 Å². The van der Waals surface area contributed by atoms with E-state index in [0.717, 1.165) is 39.3 Å². The highest BCUT2D eigenvalue weighted by atomic mass is 35.5. The second kappa shape index (κ2) is 7.37. The number of ether oxygens (including phenoxy) is 1. The van der Waals surface area contributed by atoms with Gasteiger partial charge in [-0.25, -0.2) is 4.98 Å². The van der Waals surface area contributed by atoms with Crippen LogP contribution in [0.4, 0.5) is 11.5 Å². The number of nitrogens with one attached hydrogen (secondary N) is 1. The van der Waals surface area contributed by atoms with Gasteiger partial charge in [0.25, 0.3) is 0 Å². The average Bonchev–Trinajstić information content (AvgIpc) is 2.69. The van der Waals surface area contributed by atoms with Gasteiger partial charge in [-0.3, -0.25) is 15.0 Å². The number of nitrogens with zero attached hydrogens (tertiary/aromatic N) is 3. The molecule has 110 valence electrons. The van der Waals surface area contributed by atoms with E-state index >= 15 is 0 Å². The molecule has 1 aliphatic rings. The van der Waals surface area contributed by atoms with E-state index < -0.39 is 4.92 Å². The molecule has 7 nitrogen and oxygen atoms in total. The minimum absolute atomic E-state index is 0.100. The van der Waals surface area contributed by atoms with Crippen LogP contribution in [0.3, 0.4) is 0 Å². The van der Waals surface area contributed by atoms with Gasteiger partial charge in [0.1, 0.15) is 0 Å². The van der Waals surface area contributed by atoms with Crippen molar-refractivity contribution in [3.05, 3.63) is 27.4 Å². The monoisotopic (exact) mass is 300 g/mol. The van der Waals surface area contributed by atoms with Gasteiger partial charge in [0.2, 0.25) is 5.82 Å². The number of hydrogen-bond donors (Lipinski definition) is 1. The summed E-state index contributed by atoms with van der Waals surface area (Å²) in [7, 11) is 0. The topological polar surface area (TPSA) is 80.5 Å². The lowest BCUT2D eigenvalue weighted by molar-refractivity contribution is -0.384. The first-order valence-corrected chi connectivity index (χ1v) is 6.88. The summed E-state index contributed by atoms with van der Waals surface area (Å²) in [6, 6.07) is 1.30. The number of hydrogen-bond acceptors (Lipinski definition) is 6. The highest BCUT2D eigenvalue weighted by molar-refractivity contribution is 6.30. The van der Waals surface area contributed by atoms with Gasteiger partial charge in [-0.15, -0.1) is 0 Å². The molecule has 1 saturated heterocycles. The molecule has 0 radical (unpaired) electrons. The Morgan fingerprint density at radius 2 is 2.35 bits per heavy atom. The Balaban J connectivity index is 1.88. The van der Waals surface area contributed by atoms with Crippen LogP contribution in [0, 0.1) is 10.1 Å². The van der Waals surface area contributed by atoms with Crippen molar-refractivity contribution >= 4 is 23.1 Å². The summed E-state index contributed by atoms with van der Waals surface area (Å²) in [6.45, 7) is 4.80. The summed E-state index contributed by atoms with van der Waals surface area (Å²) in [5.74, 6) is 0.255. The van der Waals surface area contributed by atoms with Gasteiger partial charge in [-0.2, -0.15) is 0 Å². The molecule has 1 fully saturated rings. The van der Waals surface area contributed by atoms with E-state index in [1.165, 1.54) is 12.3 Å². The molecule has 2 heterocycles. The van der Waals surface area contributed by atoms with Gasteiger partial charge < -0.3 is 10.1 Å². The molecule has 0 amide bonds. The first-order chi connectivity index (χ1) is 9.66. The van der Waals surface area contributed by atoms with Gasteiger partial charge in [0.15, 0.2) is 0 Å². The average molecular weight is 301 g/mol. The summed E-state index contributed by atoms with van der Waals surface area (Å²) in [6.07, 6.45) is 2.41. The Kier molecular flexibility index (Phi) is 5.51. The SMILES string of the molecule is O=[N+]([O-])c1cc(Cl)cnc1NCCN1CCCOCC1. The van der Waals surface area contributed by atoms with Gasteiger partial charge in [0.05, 0.1) is 16.6 Å². The molecule has 0 bridgehead atoms. The molecule has 2 rings (SSSR count). The summed E-state index contributed by atoms with van der Waals surface area (Å²) >= 11 is 5.72. The predicted molar refractivity (Wildman–Crippen MR) is 76.3 cm³/mol. The van der Waals surface area contributed by atoms with Crippen LogP contribution in [0.15, 0.2) is 12.3 Å².